The van der Waals surface area contributed by atoms with Gasteiger partial charge in [0, 0.05) is 17.5 Å². The lowest BCUT2D eigenvalue weighted by molar-refractivity contribution is 0.175. The summed E-state index contributed by atoms with van der Waals surface area (Å²) in [5.74, 6) is 1.52. The number of hydrogen-bond acceptors (Lipinski definition) is 6. The highest BCUT2D eigenvalue weighted by Gasteiger charge is 2.15. The van der Waals surface area contributed by atoms with Gasteiger partial charge in [0.2, 0.25) is 0 Å². The van der Waals surface area contributed by atoms with Crippen molar-refractivity contribution in [2.45, 2.75) is 20.0 Å². The first kappa shape index (κ1) is 12.4. The molecular weight excluding hydrogens is 260 g/mol. The summed E-state index contributed by atoms with van der Waals surface area (Å²) in [6, 6.07) is 8.36. The molecule has 102 valence electrons. The Bertz CT molecular complexity index is 806. The van der Waals surface area contributed by atoms with Crippen molar-refractivity contribution < 1.29 is 13.7 Å². The fraction of sp³-hybridized carbons (Fsp3) is 0.214. The predicted octanol–water partition coefficient (Wildman–Crippen LogP) is 2.62. The zero-order valence-corrected chi connectivity index (χ0v) is 11.0. The Hall–Kier alpha value is -2.63. The van der Waals surface area contributed by atoms with Crippen LogP contribution in [0, 0.1) is 6.92 Å². The van der Waals surface area contributed by atoms with Gasteiger partial charge in [-0.25, -0.2) is 4.79 Å². The monoisotopic (exact) mass is 272 g/mol. The van der Waals surface area contributed by atoms with Crippen molar-refractivity contribution in [3.8, 4) is 5.75 Å². The molecule has 0 fully saturated rings. The normalized spacial score (nSPS) is 12.5. The minimum atomic E-state index is -0.393. The van der Waals surface area contributed by atoms with E-state index in [2.05, 4.69) is 10.1 Å². The Balaban J connectivity index is 1.88. The van der Waals surface area contributed by atoms with E-state index in [0.29, 0.717) is 23.0 Å². The zero-order valence-electron chi connectivity index (χ0n) is 11.0. The van der Waals surface area contributed by atoms with Gasteiger partial charge in [0.25, 0.3) is 5.89 Å². The molecule has 0 bridgehead atoms. The highest BCUT2D eigenvalue weighted by atomic mass is 16.5. The molecule has 2 aromatic heterocycles. The molecule has 3 rings (SSSR count). The molecule has 1 aromatic carbocycles. The summed E-state index contributed by atoms with van der Waals surface area (Å²) in [6.07, 6.45) is -0.385. The van der Waals surface area contributed by atoms with Crippen LogP contribution >= 0.6 is 0 Å². The average molecular weight is 272 g/mol. The first-order valence-electron chi connectivity index (χ1n) is 6.12. The fourth-order valence-corrected chi connectivity index (χ4v) is 1.85. The second-order valence-electron chi connectivity index (χ2n) is 4.39. The summed E-state index contributed by atoms with van der Waals surface area (Å²) < 4.78 is 15.9. The van der Waals surface area contributed by atoms with Crippen LogP contribution in [0.1, 0.15) is 24.7 Å². The Labute approximate surface area is 114 Å². The van der Waals surface area contributed by atoms with Gasteiger partial charge in [-0.05, 0) is 32.0 Å². The van der Waals surface area contributed by atoms with Crippen LogP contribution in [0.25, 0.3) is 11.0 Å². The van der Waals surface area contributed by atoms with Gasteiger partial charge in [-0.3, -0.25) is 0 Å². The molecule has 0 saturated carbocycles. The maximum atomic E-state index is 11.2. The van der Waals surface area contributed by atoms with Gasteiger partial charge in [0.1, 0.15) is 11.3 Å². The molecule has 0 N–H and O–H groups in total. The van der Waals surface area contributed by atoms with E-state index in [4.69, 9.17) is 13.7 Å². The maximum Gasteiger partial charge on any atom is 0.336 e. The molecule has 0 radical (unpaired) electrons. The van der Waals surface area contributed by atoms with Crippen molar-refractivity contribution in [3.05, 3.63) is 52.5 Å². The first-order chi connectivity index (χ1) is 9.61. The van der Waals surface area contributed by atoms with E-state index in [1.807, 2.05) is 6.07 Å². The van der Waals surface area contributed by atoms with E-state index in [1.54, 1.807) is 32.0 Å². The van der Waals surface area contributed by atoms with Crippen molar-refractivity contribution >= 4 is 11.0 Å². The topological polar surface area (TPSA) is 78.4 Å². The molecule has 0 saturated heterocycles. The third kappa shape index (κ3) is 2.40. The Morgan fingerprint density at radius 2 is 2.05 bits per heavy atom. The lowest BCUT2D eigenvalue weighted by Crippen LogP contribution is -2.03. The summed E-state index contributed by atoms with van der Waals surface area (Å²) in [7, 11) is 0. The van der Waals surface area contributed by atoms with Crippen molar-refractivity contribution in [3.63, 3.8) is 0 Å². The minimum Gasteiger partial charge on any atom is -0.481 e. The average Bonchev–Trinajstić information content (AvgIpc) is 2.85. The first-order valence-corrected chi connectivity index (χ1v) is 6.12. The van der Waals surface area contributed by atoms with Crippen LogP contribution in [0.5, 0.6) is 5.75 Å². The molecule has 0 amide bonds. The molecule has 2 heterocycles. The summed E-state index contributed by atoms with van der Waals surface area (Å²) in [6.45, 7) is 3.54. The molecule has 6 heteroatoms. The van der Waals surface area contributed by atoms with Crippen molar-refractivity contribution in [2.75, 3.05) is 0 Å². The van der Waals surface area contributed by atoms with Crippen LogP contribution < -0.4 is 10.4 Å². The summed E-state index contributed by atoms with van der Waals surface area (Å²) in [4.78, 5) is 15.3. The number of nitrogens with zero attached hydrogens (tertiary/aromatic N) is 2. The van der Waals surface area contributed by atoms with Crippen LogP contribution in [0.3, 0.4) is 0 Å². The van der Waals surface area contributed by atoms with Crippen molar-refractivity contribution in [1.82, 2.24) is 10.1 Å². The molecule has 0 aliphatic rings. The van der Waals surface area contributed by atoms with Gasteiger partial charge in [-0.15, -0.1) is 0 Å². The molecule has 3 aromatic rings. The Morgan fingerprint density at radius 3 is 2.80 bits per heavy atom. The van der Waals surface area contributed by atoms with E-state index < -0.39 is 5.63 Å². The second-order valence-corrected chi connectivity index (χ2v) is 4.39. The van der Waals surface area contributed by atoms with Gasteiger partial charge in [0.05, 0.1) is 0 Å². The number of aromatic nitrogens is 2. The standard InChI is InChI=1S/C14H12N2O4/c1-8(14-15-9(2)16-20-14)18-11-5-3-10-4-6-13(17)19-12(10)7-11/h3-8H,1-2H3/t8-/m1/s1. The van der Waals surface area contributed by atoms with E-state index in [1.165, 1.54) is 6.07 Å². The van der Waals surface area contributed by atoms with Crippen molar-refractivity contribution in [1.29, 1.82) is 0 Å². The lowest BCUT2D eigenvalue weighted by atomic mass is 10.2. The van der Waals surface area contributed by atoms with Crippen LogP contribution in [-0.4, -0.2) is 10.1 Å². The number of fused-ring (bicyclic) bond motifs is 1. The third-order valence-corrected chi connectivity index (χ3v) is 2.80. The van der Waals surface area contributed by atoms with Crippen LogP contribution in [-0.2, 0) is 0 Å². The van der Waals surface area contributed by atoms with Crippen molar-refractivity contribution in [2.24, 2.45) is 0 Å². The molecule has 0 aliphatic heterocycles. The van der Waals surface area contributed by atoms with Crippen LogP contribution in [0.15, 0.2) is 44.1 Å². The minimum absolute atomic E-state index is 0.385. The number of aryl methyl sites for hydroxylation is 1. The SMILES string of the molecule is Cc1noc([C@@H](C)Oc2ccc3ccc(=O)oc3c2)n1. The third-order valence-electron chi connectivity index (χ3n) is 2.80. The highest BCUT2D eigenvalue weighted by molar-refractivity contribution is 5.77. The van der Waals surface area contributed by atoms with E-state index >= 15 is 0 Å². The molecule has 1 atom stereocenters. The smallest absolute Gasteiger partial charge is 0.336 e. The van der Waals surface area contributed by atoms with Gasteiger partial charge in [0.15, 0.2) is 11.9 Å². The van der Waals surface area contributed by atoms with Gasteiger partial charge in [-0.2, -0.15) is 4.98 Å². The largest absolute Gasteiger partial charge is 0.481 e. The summed E-state index contributed by atoms with van der Waals surface area (Å²) in [5, 5.41) is 4.55. The lowest BCUT2D eigenvalue weighted by Gasteiger charge is -2.10. The number of ether oxygens (including phenoxy) is 1. The Morgan fingerprint density at radius 1 is 1.25 bits per heavy atom. The number of benzene rings is 1. The van der Waals surface area contributed by atoms with E-state index in [0.717, 1.165) is 5.39 Å². The summed E-state index contributed by atoms with van der Waals surface area (Å²) >= 11 is 0. The molecule has 20 heavy (non-hydrogen) atoms. The van der Waals surface area contributed by atoms with Crippen LogP contribution in [0.2, 0.25) is 0 Å². The van der Waals surface area contributed by atoms with E-state index in [-0.39, 0.29) is 6.10 Å². The molecule has 6 nitrogen and oxygen atoms in total. The van der Waals surface area contributed by atoms with Gasteiger partial charge >= 0.3 is 5.63 Å². The number of rotatable bonds is 3. The zero-order chi connectivity index (χ0) is 14.1. The molecule has 0 unspecified atom stereocenters. The Kier molecular flexibility index (Phi) is 2.98. The fourth-order valence-electron chi connectivity index (χ4n) is 1.85. The predicted molar refractivity (Wildman–Crippen MR) is 70.6 cm³/mol. The van der Waals surface area contributed by atoms with Gasteiger partial charge in [-0.1, -0.05) is 5.16 Å². The molecule has 0 spiro atoms. The summed E-state index contributed by atoms with van der Waals surface area (Å²) in [5.41, 5.74) is 0.0825. The molecule has 0 aliphatic carbocycles. The van der Waals surface area contributed by atoms with E-state index in [9.17, 15) is 4.79 Å². The quantitative estimate of drug-likeness (QED) is 0.682. The van der Waals surface area contributed by atoms with Gasteiger partial charge < -0.3 is 13.7 Å². The maximum absolute atomic E-state index is 11.2. The highest BCUT2D eigenvalue weighted by Crippen LogP contribution is 2.24. The molecular formula is C14H12N2O4. The second kappa shape index (κ2) is 4.80. The van der Waals surface area contributed by atoms with Crippen LogP contribution in [0.4, 0.5) is 0 Å². The number of hydrogen-bond donors (Lipinski definition) is 0.